The molecular weight excluding hydrogens is 225 g/mol. The number of nitrogens with one attached hydrogen (secondary N) is 1. The molecule has 0 aliphatic heterocycles. The van der Waals surface area contributed by atoms with Crippen molar-refractivity contribution in [2.24, 2.45) is 0 Å². The normalized spacial score (nSPS) is 9.82. The Morgan fingerprint density at radius 1 is 1.41 bits per heavy atom. The number of carbonyl (C=O) groups excluding carboxylic acids is 2. The summed E-state index contributed by atoms with van der Waals surface area (Å²) >= 11 is 0. The molecule has 1 N–H and O–H groups in total. The van der Waals surface area contributed by atoms with Crippen LogP contribution in [0.2, 0.25) is 0 Å². The van der Waals surface area contributed by atoms with Crippen LogP contribution in [0.25, 0.3) is 0 Å². The van der Waals surface area contributed by atoms with E-state index >= 15 is 0 Å². The number of ether oxygens (including phenoxy) is 1. The van der Waals surface area contributed by atoms with E-state index in [0.29, 0.717) is 6.42 Å². The van der Waals surface area contributed by atoms with Gasteiger partial charge in [-0.15, -0.1) is 0 Å². The fraction of sp³-hybridized carbons (Fsp3) is 0.333. The molecule has 1 aromatic rings. The Kier molecular flexibility index (Phi) is 4.63. The maximum atomic E-state index is 13.3. The van der Waals surface area contributed by atoms with Crippen molar-refractivity contribution in [1.82, 2.24) is 5.32 Å². The first-order valence-corrected chi connectivity index (χ1v) is 5.22. The highest BCUT2D eigenvalue weighted by molar-refractivity contribution is 5.99. The summed E-state index contributed by atoms with van der Waals surface area (Å²) in [7, 11) is 1.35. The first kappa shape index (κ1) is 13.2. The minimum absolute atomic E-state index is 0.0825. The summed E-state index contributed by atoms with van der Waals surface area (Å²) in [5.74, 6) is -1.07. The second-order valence-electron chi connectivity index (χ2n) is 3.40. The number of benzene rings is 1. The van der Waals surface area contributed by atoms with E-state index in [1.807, 2.05) is 0 Å². The Hall–Kier alpha value is -1.91. The highest BCUT2D eigenvalue weighted by atomic mass is 19.1. The van der Waals surface area contributed by atoms with Crippen LogP contribution in [0.15, 0.2) is 18.2 Å². The van der Waals surface area contributed by atoms with Crippen molar-refractivity contribution in [2.75, 3.05) is 13.7 Å². The Balaban J connectivity index is 2.69. The molecule has 92 valence electrons. The van der Waals surface area contributed by atoms with E-state index in [1.54, 1.807) is 6.92 Å². The lowest BCUT2D eigenvalue weighted by Gasteiger charge is -2.05. The van der Waals surface area contributed by atoms with Gasteiger partial charge in [0.05, 0.1) is 13.7 Å². The fourth-order valence-electron chi connectivity index (χ4n) is 1.25. The molecule has 1 rings (SSSR count). The van der Waals surface area contributed by atoms with Gasteiger partial charge in [0.2, 0.25) is 5.91 Å². The molecule has 0 atom stereocenters. The average Bonchev–Trinajstić information content (AvgIpc) is 2.35. The predicted molar refractivity (Wildman–Crippen MR) is 60.6 cm³/mol. The zero-order chi connectivity index (χ0) is 12.8. The molecule has 1 aromatic carbocycles. The summed E-state index contributed by atoms with van der Waals surface area (Å²) in [6, 6.07) is 3.94. The van der Waals surface area contributed by atoms with Crippen molar-refractivity contribution < 1.29 is 18.7 Å². The number of rotatable bonds is 5. The van der Waals surface area contributed by atoms with Crippen molar-refractivity contribution in [1.29, 1.82) is 0 Å². The van der Waals surface area contributed by atoms with Gasteiger partial charge in [0.25, 0.3) is 0 Å². The third-order valence-electron chi connectivity index (χ3n) is 2.24. The largest absolute Gasteiger partial charge is 0.494 e. The van der Waals surface area contributed by atoms with Crippen LogP contribution in [0.5, 0.6) is 5.75 Å². The van der Waals surface area contributed by atoms with Gasteiger partial charge in [0.15, 0.2) is 17.3 Å². The SMILES string of the molecule is CCC(=O)NCC(=O)c1ccc(OC)c(F)c1. The van der Waals surface area contributed by atoms with E-state index in [0.717, 1.165) is 6.07 Å². The number of hydrogen-bond acceptors (Lipinski definition) is 3. The topological polar surface area (TPSA) is 55.4 Å². The minimum Gasteiger partial charge on any atom is -0.494 e. The number of amides is 1. The molecular formula is C12H14FNO3. The lowest BCUT2D eigenvalue weighted by atomic mass is 10.1. The maximum Gasteiger partial charge on any atom is 0.220 e. The van der Waals surface area contributed by atoms with Crippen LogP contribution >= 0.6 is 0 Å². The summed E-state index contributed by atoms with van der Waals surface area (Å²) in [6.45, 7) is 1.56. The molecule has 0 aliphatic carbocycles. The molecule has 0 unspecified atom stereocenters. The summed E-state index contributed by atoms with van der Waals surface area (Å²) < 4.78 is 18.1. The minimum atomic E-state index is -0.597. The highest BCUT2D eigenvalue weighted by Crippen LogP contribution is 2.17. The molecule has 4 nitrogen and oxygen atoms in total. The number of hydrogen-bond donors (Lipinski definition) is 1. The van der Waals surface area contributed by atoms with Crippen molar-refractivity contribution in [3.8, 4) is 5.75 Å². The highest BCUT2D eigenvalue weighted by Gasteiger charge is 2.10. The van der Waals surface area contributed by atoms with Crippen molar-refractivity contribution in [3.05, 3.63) is 29.6 Å². The number of Topliss-reactive ketones (excluding diaryl/α,β-unsaturated/α-hetero) is 1. The van der Waals surface area contributed by atoms with E-state index in [4.69, 9.17) is 4.74 Å². The van der Waals surface area contributed by atoms with Crippen LogP contribution in [0, 0.1) is 5.82 Å². The van der Waals surface area contributed by atoms with E-state index in [1.165, 1.54) is 19.2 Å². The van der Waals surface area contributed by atoms with Crippen LogP contribution in [0.3, 0.4) is 0 Å². The van der Waals surface area contributed by atoms with Gasteiger partial charge in [0.1, 0.15) is 0 Å². The second kappa shape index (κ2) is 5.98. The quantitative estimate of drug-likeness (QED) is 0.793. The van der Waals surface area contributed by atoms with Gasteiger partial charge in [-0.05, 0) is 18.2 Å². The van der Waals surface area contributed by atoms with Gasteiger partial charge >= 0.3 is 0 Å². The molecule has 1 amide bonds. The molecule has 0 saturated carbocycles. The Morgan fingerprint density at radius 3 is 2.65 bits per heavy atom. The molecule has 0 spiro atoms. The lowest BCUT2D eigenvalue weighted by Crippen LogP contribution is -2.28. The van der Waals surface area contributed by atoms with Crippen LogP contribution in [-0.2, 0) is 4.79 Å². The standard InChI is InChI=1S/C12H14FNO3/c1-3-12(16)14-7-10(15)8-4-5-11(17-2)9(13)6-8/h4-6H,3,7H2,1-2H3,(H,14,16). The second-order valence-corrected chi connectivity index (χ2v) is 3.40. The van der Waals surface area contributed by atoms with Crippen LogP contribution < -0.4 is 10.1 Å². The third-order valence-corrected chi connectivity index (χ3v) is 2.24. The molecule has 0 aliphatic rings. The Morgan fingerprint density at radius 2 is 2.12 bits per heavy atom. The van der Waals surface area contributed by atoms with Crippen LogP contribution in [-0.4, -0.2) is 25.3 Å². The summed E-state index contributed by atoms with van der Waals surface area (Å²) in [5, 5.41) is 2.44. The van der Waals surface area contributed by atoms with Gasteiger partial charge in [0, 0.05) is 12.0 Å². The lowest BCUT2D eigenvalue weighted by molar-refractivity contribution is -0.120. The van der Waals surface area contributed by atoms with E-state index in [9.17, 15) is 14.0 Å². The van der Waals surface area contributed by atoms with E-state index in [-0.39, 0.29) is 29.5 Å². The molecule has 0 bridgehead atoms. The molecule has 0 fully saturated rings. The number of halogens is 1. The number of methoxy groups -OCH3 is 1. The Labute approximate surface area is 98.8 Å². The zero-order valence-corrected chi connectivity index (χ0v) is 9.75. The predicted octanol–water partition coefficient (Wildman–Crippen LogP) is 1.54. The summed E-state index contributed by atoms with van der Waals surface area (Å²) in [6.07, 6.45) is 0.310. The maximum absolute atomic E-state index is 13.3. The Bertz CT molecular complexity index is 432. The van der Waals surface area contributed by atoms with Gasteiger partial charge in [-0.1, -0.05) is 6.92 Å². The molecule has 5 heteroatoms. The zero-order valence-electron chi connectivity index (χ0n) is 9.75. The van der Waals surface area contributed by atoms with E-state index < -0.39 is 5.82 Å². The summed E-state index contributed by atoms with van der Waals surface area (Å²) in [4.78, 5) is 22.6. The molecule has 0 heterocycles. The fourth-order valence-corrected chi connectivity index (χ4v) is 1.25. The van der Waals surface area contributed by atoms with Gasteiger partial charge in [-0.25, -0.2) is 4.39 Å². The number of ketones is 1. The monoisotopic (exact) mass is 239 g/mol. The van der Waals surface area contributed by atoms with Crippen molar-refractivity contribution >= 4 is 11.7 Å². The molecule has 0 aromatic heterocycles. The molecule has 17 heavy (non-hydrogen) atoms. The first-order valence-electron chi connectivity index (χ1n) is 5.22. The van der Waals surface area contributed by atoms with Gasteiger partial charge in [-0.3, -0.25) is 9.59 Å². The van der Waals surface area contributed by atoms with E-state index in [2.05, 4.69) is 5.32 Å². The van der Waals surface area contributed by atoms with Gasteiger partial charge in [-0.2, -0.15) is 0 Å². The van der Waals surface area contributed by atoms with Crippen molar-refractivity contribution in [2.45, 2.75) is 13.3 Å². The number of carbonyl (C=O) groups is 2. The smallest absolute Gasteiger partial charge is 0.220 e. The first-order chi connectivity index (χ1) is 8.08. The average molecular weight is 239 g/mol. The molecule has 0 radical (unpaired) electrons. The van der Waals surface area contributed by atoms with Crippen molar-refractivity contribution in [3.63, 3.8) is 0 Å². The van der Waals surface area contributed by atoms with Crippen LogP contribution in [0.4, 0.5) is 4.39 Å². The molecule has 0 saturated heterocycles. The van der Waals surface area contributed by atoms with Gasteiger partial charge < -0.3 is 10.1 Å². The summed E-state index contributed by atoms with van der Waals surface area (Å²) in [5.41, 5.74) is 0.208. The third kappa shape index (κ3) is 3.55. The van der Waals surface area contributed by atoms with Crippen LogP contribution in [0.1, 0.15) is 23.7 Å².